The molecule has 0 bridgehead atoms. The van der Waals surface area contributed by atoms with Crippen LogP contribution in [0.4, 0.5) is 11.5 Å². The minimum absolute atomic E-state index is 0.0384. The highest BCUT2D eigenvalue weighted by Crippen LogP contribution is 2.26. The Morgan fingerprint density at radius 1 is 1.00 bits per heavy atom. The molecule has 0 unspecified atom stereocenters. The molecule has 136 valence electrons. The van der Waals surface area contributed by atoms with Crippen LogP contribution in [0, 0.1) is 0 Å². The number of piperazine rings is 1. The summed E-state index contributed by atoms with van der Waals surface area (Å²) in [7, 11) is 0. The topological polar surface area (TPSA) is 65.5 Å². The number of carbonyl (C=O) groups excluding carboxylic acids is 2. The highest BCUT2D eigenvalue weighted by Gasteiger charge is 2.23. The Bertz CT molecular complexity index is 818. The molecule has 1 aliphatic rings. The van der Waals surface area contributed by atoms with Crippen molar-refractivity contribution in [2.45, 2.75) is 6.92 Å². The first kappa shape index (κ1) is 18.5. The fourth-order valence-corrected chi connectivity index (χ4v) is 3.02. The summed E-state index contributed by atoms with van der Waals surface area (Å²) in [5.74, 6) is 0.555. The number of anilines is 2. The van der Waals surface area contributed by atoms with Gasteiger partial charge in [0.1, 0.15) is 5.82 Å². The summed E-state index contributed by atoms with van der Waals surface area (Å²) in [4.78, 5) is 31.7. The number of nitrogens with one attached hydrogen (secondary N) is 1. The highest BCUT2D eigenvalue weighted by molar-refractivity contribution is 6.42. The second-order valence-electron chi connectivity index (χ2n) is 5.98. The largest absolute Gasteiger partial charge is 0.340 e. The molecule has 1 aromatic carbocycles. The summed E-state index contributed by atoms with van der Waals surface area (Å²) in [6.45, 7) is 3.72. The lowest BCUT2D eigenvalue weighted by Crippen LogP contribution is -2.50. The number of carbonyl (C=O) groups is 2. The molecule has 0 radical (unpaired) electrons. The lowest BCUT2D eigenvalue weighted by atomic mass is 10.2. The molecule has 6 nitrogen and oxygen atoms in total. The molecule has 0 spiro atoms. The molecule has 2 aromatic rings. The van der Waals surface area contributed by atoms with Crippen LogP contribution < -0.4 is 5.32 Å². The average Bonchev–Trinajstić information content (AvgIpc) is 2.65. The molecule has 3 rings (SSSR count). The number of halogens is 2. The van der Waals surface area contributed by atoms with Crippen molar-refractivity contribution < 1.29 is 9.59 Å². The van der Waals surface area contributed by atoms with Crippen LogP contribution in [0.1, 0.15) is 17.3 Å². The van der Waals surface area contributed by atoms with E-state index in [9.17, 15) is 9.59 Å². The van der Waals surface area contributed by atoms with E-state index in [-0.39, 0.29) is 11.8 Å². The summed E-state index contributed by atoms with van der Waals surface area (Å²) in [5.41, 5.74) is 1.27. The zero-order valence-electron chi connectivity index (χ0n) is 14.2. The minimum Gasteiger partial charge on any atom is -0.340 e. The maximum atomic E-state index is 12.6. The Labute approximate surface area is 161 Å². The van der Waals surface area contributed by atoms with Gasteiger partial charge in [-0.2, -0.15) is 0 Å². The molecule has 1 fully saturated rings. The number of aromatic nitrogens is 1. The predicted molar refractivity (Wildman–Crippen MR) is 102 cm³/mol. The number of benzene rings is 1. The van der Waals surface area contributed by atoms with E-state index in [2.05, 4.69) is 10.3 Å². The Morgan fingerprint density at radius 3 is 2.27 bits per heavy atom. The third kappa shape index (κ3) is 4.26. The summed E-state index contributed by atoms with van der Waals surface area (Å²) in [6.07, 6.45) is 1.54. The molecule has 1 saturated heterocycles. The number of pyridine rings is 1. The van der Waals surface area contributed by atoms with Gasteiger partial charge in [0.05, 0.1) is 15.6 Å². The summed E-state index contributed by atoms with van der Waals surface area (Å²) in [5, 5.41) is 4.05. The number of nitrogens with zero attached hydrogens (tertiary/aromatic N) is 3. The number of amides is 2. The standard InChI is InChI=1S/C18H18Cl2N4O2/c1-12(25)23-6-8-24(9-7-23)18(26)13-2-5-17(21-11-13)22-14-3-4-15(19)16(20)10-14/h2-5,10-11H,6-9H2,1H3,(H,21,22). The van der Waals surface area contributed by atoms with E-state index in [1.54, 1.807) is 53.3 Å². The Kier molecular flexibility index (Phi) is 5.64. The normalized spacial score (nSPS) is 14.3. The van der Waals surface area contributed by atoms with Gasteiger partial charge in [0.15, 0.2) is 0 Å². The van der Waals surface area contributed by atoms with Gasteiger partial charge < -0.3 is 15.1 Å². The molecule has 1 N–H and O–H groups in total. The molecular weight excluding hydrogens is 375 g/mol. The molecule has 1 aliphatic heterocycles. The first-order valence-electron chi connectivity index (χ1n) is 8.17. The Hall–Kier alpha value is -2.31. The average molecular weight is 393 g/mol. The molecule has 1 aromatic heterocycles. The van der Waals surface area contributed by atoms with E-state index < -0.39 is 0 Å². The van der Waals surface area contributed by atoms with Gasteiger partial charge in [-0.15, -0.1) is 0 Å². The van der Waals surface area contributed by atoms with Gasteiger partial charge in [0, 0.05) is 45.0 Å². The molecule has 0 aliphatic carbocycles. The Morgan fingerprint density at radius 2 is 1.69 bits per heavy atom. The van der Waals surface area contributed by atoms with Crippen molar-refractivity contribution in [3.8, 4) is 0 Å². The van der Waals surface area contributed by atoms with Crippen molar-refractivity contribution in [3.63, 3.8) is 0 Å². The van der Waals surface area contributed by atoms with Crippen LogP contribution in [-0.2, 0) is 4.79 Å². The maximum absolute atomic E-state index is 12.6. The maximum Gasteiger partial charge on any atom is 0.255 e. The van der Waals surface area contributed by atoms with Crippen LogP contribution in [0.2, 0.25) is 10.0 Å². The zero-order valence-corrected chi connectivity index (χ0v) is 15.7. The van der Waals surface area contributed by atoms with Gasteiger partial charge in [-0.1, -0.05) is 23.2 Å². The lowest BCUT2D eigenvalue weighted by molar-refractivity contribution is -0.130. The molecular formula is C18H18Cl2N4O2. The smallest absolute Gasteiger partial charge is 0.255 e. The first-order valence-corrected chi connectivity index (χ1v) is 8.92. The van der Waals surface area contributed by atoms with Crippen molar-refractivity contribution in [3.05, 3.63) is 52.1 Å². The van der Waals surface area contributed by atoms with Crippen molar-refractivity contribution in [2.75, 3.05) is 31.5 Å². The van der Waals surface area contributed by atoms with E-state index >= 15 is 0 Å². The molecule has 2 amide bonds. The fourth-order valence-electron chi connectivity index (χ4n) is 2.72. The Balaban J connectivity index is 1.63. The number of rotatable bonds is 3. The van der Waals surface area contributed by atoms with Gasteiger partial charge >= 0.3 is 0 Å². The van der Waals surface area contributed by atoms with Gasteiger partial charge in [0.2, 0.25) is 5.91 Å². The van der Waals surface area contributed by atoms with E-state index in [1.165, 1.54) is 0 Å². The van der Waals surface area contributed by atoms with Crippen LogP contribution in [-0.4, -0.2) is 52.8 Å². The first-order chi connectivity index (χ1) is 12.4. The van der Waals surface area contributed by atoms with Gasteiger partial charge in [-0.3, -0.25) is 9.59 Å². The lowest BCUT2D eigenvalue weighted by Gasteiger charge is -2.34. The van der Waals surface area contributed by atoms with Crippen LogP contribution >= 0.6 is 23.2 Å². The minimum atomic E-state index is -0.0817. The zero-order chi connectivity index (χ0) is 18.7. The number of hydrogen-bond donors (Lipinski definition) is 1. The highest BCUT2D eigenvalue weighted by atomic mass is 35.5. The van der Waals surface area contributed by atoms with E-state index in [0.29, 0.717) is 47.6 Å². The third-order valence-corrected chi connectivity index (χ3v) is 4.95. The third-order valence-electron chi connectivity index (χ3n) is 4.21. The van der Waals surface area contributed by atoms with Gasteiger partial charge in [-0.25, -0.2) is 4.98 Å². The van der Waals surface area contributed by atoms with Crippen molar-refractivity contribution in [1.29, 1.82) is 0 Å². The number of hydrogen-bond acceptors (Lipinski definition) is 4. The van der Waals surface area contributed by atoms with Gasteiger partial charge in [0.25, 0.3) is 5.91 Å². The second kappa shape index (κ2) is 7.93. The summed E-state index contributed by atoms with van der Waals surface area (Å²) in [6, 6.07) is 8.67. The molecule has 0 atom stereocenters. The molecule has 26 heavy (non-hydrogen) atoms. The SMILES string of the molecule is CC(=O)N1CCN(C(=O)c2ccc(Nc3ccc(Cl)c(Cl)c3)nc2)CC1. The quantitative estimate of drug-likeness (QED) is 0.868. The molecule has 0 saturated carbocycles. The van der Waals surface area contributed by atoms with Crippen LogP contribution in [0.15, 0.2) is 36.5 Å². The van der Waals surface area contributed by atoms with Crippen LogP contribution in [0.3, 0.4) is 0 Å². The van der Waals surface area contributed by atoms with Crippen molar-refractivity contribution in [2.24, 2.45) is 0 Å². The molecule has 2 heterocycles. The van der Waals surface area contributed by atoms with Crippen LogP contribution in [0.25, 0.3) is 0 Å². The van der Waals surface area contributed by atoms with Crippen molar-refractivity contribution >= 4 is 46.5 Å². The van der Waals surface area contributed by atoms with E-state index in [4.69, 9.17) is 23.2 Å². The van der Waals surface area contributed by atoms with Crippen LogP contribution in [0.5, 0.6) is 0 Å². The van der Waals surface area contributed by atoms with E-state index in [0.717, 1.165) is 5.69 Å². The van der Waals surface area contributed by atoms with E-state index in [1.807, 2.05) is 0 Å². The summed E-state index contributed by atoms with van der Waals surface area (Å²) >= 11 is 11.9. The van der Waals surface area contributed by atoms with Crippen molar-refractivity contribution in [1.82, 2.24) is 14.8 Å². The fraction of sp³-hybridized carbons (Fsp3) is 0.278. The van der Waals surface area contributed by atoms with Gasteiger partial charge in [-0.05, 0) is 30.3 Å². The molecule has 8 heteroatoms. The summed E-state index contributed by atoms with van der Waals surface area (Å²) < 4.78 is 0. The predicted octanol–water partition coefficient (Wildman–Crippen LogP) is 3.44. The second-order valence-corrected chi connectivity index (χ2v) is 6.80. The monoisotopic (exact) mass is 392 g/mol.